The van der Waals surface area contributed by atoms with Crippen LogP contribution in [0.15, 0.2) is 29.0 Å². The fraction of sp³-hybridized carbons (Fsp3) is 0.455. The number of rotatable bonds is 5. The molecule has 1 aliphatic heterocycles. The van der Waals surface area contributed by atoms with Crippen molar-refractivity contribution >= 4 is 37.7 Å². The number of hydrogen-bond acceptors (Lipinski definition) is 5. The summed E-state index contributed by atoms with van der Waals surface area (Å²) in [6, 6.07) is 5.45. The predicted molar refractivity (Wildman–Crippen MR) is 123 cm³/mol. The number of likely N-dealkylation sites (tertiary alicyclic amines) is 1. The molecule has 0 saturated carbocycles. The number of nitrogens with zero attached hydrogens (tertiary/aromatic N) is 2. The van der Waals surface area contributed by atoms with E-state index in [4.69, 9.17) is 0 Å². The third-order valence-corrected chi connectivity index (χ3v) is 8.90. The molecule has 0 unspecified atom stereocenters. The number of anilines is 1. The van der Waals surface area contributed by atoms with Gasteiger partial charge < -0.3 is 5.32 Å². The summed E-state index contributed by atoms with van der Waals surface area (Å²) in [4.78, 5) is 18.9. The third kappa shape index (κ3) is 4.10. The number of aromatic nitrogens is 1. The molecule has 0 bridgehead atoms. The lowest BCUT2D eigenvalue weighted by molar-refractivity contribution is 0.174. The monoisotopic (exact) mass is 504 g/mol. The van der Waals surface area contributed by atoms with Gasteiger partial charge in [-0.05, 0) is 88.3 Å². The molecular formula is C22H25BrN4O3S. The van der Waals surface area contributed by atoms with Gasteiger partial charge in [0.05, 0.1) is 0 Å². The molecular weight excluding hydrogens is 480 g/mol. The van der Waals surface area contributed by atoms with Crippen molar-refractivity contribution in [1.29, 1.82) is 0 Å². The Bertz CT molecular complexity index is 1110. The van der Waals surface area contributed by atoms with Gasteiger partial charge in [0, 0.05) is 31.5 Å². The zero-order valence-corrected chi connectivity index (χ0v) is 19.6. The predicted octanol–water partition coefficient (Wildman–Crippen LogP) is 3.16. The summed E-state index contributed by atoms with van der Waals surface area (Å²) in [5, 5.41) is 2.31. The van der Waals surface area contributed by atoms with Crippen LogP contribution < -0.4 is 10.0 Å². The molecule has 7 nitrogen and oxygen atoms in total. The van der Waals surface area contributed by atoms with Gasteiger partial charge in [-0.15, -0.1) is 0 Å². The number of carbonyl (C=O) groups excluding carboxylic acids is 1. The highest BCUT2D eigenvalue weighted by Gasteiger charge is 2.38. The van der Waals surface area contributed by atoms with E-state index in [-0.39, 0.29) is 0 Å². The van der Waals surface area contributed by atoms with Crippen LogP contribution in [0.5, 0.6) is 0 Å². The van der Waals surface area contributed by atoms with Crippen molar-refractivity contribution in [3.05, 3.63) is 56.8 Å². The number of benzene rings is 1. The summed E-state index contributed by atoms with van der Waals surface area (Å²) in [5.74, 6) is 0. The zero-order chi connectivity index (χ0) is 21.6. The molecule has 1 saturated heterocycles. The second-order valence-corrected chi connectivity index (χ2v) is 11.3. The first-order valence-electron chi connectivity index (χ1n) is 10.7. The number of nitrogens with one attached hydrogen (secondary N) is 2. The Morgan fingerprint density at radius 3 is 2.45 bits per heavy atom. The fourth-order valence-corrected chi connectivity index (χ4v) is 6.61. The van der Waals surface area contributed by atoms with E-state index in [2.05, 4.69) is 37.0 Å². The lowest BCUT2D eigenvalue weighted by Crippen LogP contribution is -2.58. The molecule has 2 aliphatic carbocycles. The van der Waals surface area contributed by atoms with Crippen molar-refractivity contribution in [2.75, 3.05) is 18.4 Å². The van der Waals surface area contributed by atoms with Gasteiger partial charge >= 0.3 is 6.03 Å². The Kier molecular flexibility index (Phi) is 5.52. The van der Waals surface area contributed by atoms with E-state index in [1.165, 1.54) is 22.3 Å². The molecule has 9 heteroatoms. The van der Waals surface area contributed by atoms with Crippen LogP contribution in [0, 0.1) is 0 Å². The second-order valence-electron chi connectivity index (χ2n) is 8.60. The van der Waals surface area contributed by atoms with Crippen LogP contribution in [0.3, 0.4) is 0 Å². The molecule has 164 valence electrons. The zero-order valence-electron chi connectivity index (χ0n) is 17.2. The molecule has 0 atom stereocenters. The van der Waals surface area contributed by atoms with Crippen molar-refractivity contribution < 1.29 is 13.2 Å². The standard InChI is InChI=1S/C22H25BrN4O3S/c23-21-16(6-3-9-24-21)11-27-12-17(13-27)31(29,30)26-22(28)25-20-18-7-1-4-14(18)10-15-5-2-8-19(15)20/h3,6,9-10,17H,1-2,4-5,7-8,11-13H2,(H2,25,26,28). The van der Waals surface area contributed by atoms with Crippen LogP contribution in [0.1, 0.15) is 40.7 Å². The van der Waals surface area contributed by atoms with E-state index in [9.17, 15) is 13.2 Å². The van der Waals surface area contributed by atoms with E-state index < -0.39 is 21.3 Å². The third-order valence-electron chi connectivity index (χ3n) is 6.54. The topological polar surface area (TPSA) is 91.4 Å². The highest BCUT2D eigenvalue weighted by Crippen LogP contribution is 2.38. The number of pyridine rings is 1. The van der Waals surface area contributed by atoms with Gasteiger partial charge in [-0.2, -0.15) is 0 Å². The van der Waals surface area contributed by atoms with Gasteiger partial charge in [0.15, 0.2) is 0 Å². The van der Waals surface area contributed by atoms with Crippen LogP contribution in [-0.4, -0.2) is 42.7 Å². The number of amides is 2. The Morgan fingerprint density at radius 1 is 1.13 bits per heavy atom. The van der Waals surface area contributed by atoms with Gasteiger partial charge in [-0.25, -0.2) is 22.9 Å². The minimum absolute atomic E-state index is 0.389. The average Bonchev–Trinajstić information content (AvgIpc) is 3.34. The van der Waals surface area contributed by atoms with Crippen LogP contribution in [0.25, 0.3) is 0 Å². The molecule has 2 aromatic rings. The highest BCUT2D eigenvalue weighted by molar-refractivity contribution is 9.10. The number of fused-ring (bicyclic) bond motifs is 2. The Balaban J connectivity index is 1.22. The first kappa shape index (κ1) is 20.9. The van der Waals surface area contributed by atoms with E-state index >= 15 is 0 Å². The Hall–Kier alpha value is -1.97. The maximum atomic E-state index is 12.7. The summed E-state index contributed by atoms with van der Waals surface area (Å²) in [5.41, 5.74) is 6.84. The van der Waals surface area contributed by atoms with Gasteiger partial charge in [0.1, 0.15) is 9.85 Å². The maximum absolute atomic E-state index is 12.7. The van der Waals surface area contributed by atoms with E-state index in [0.717, 1.165) is 54.4 Å². The normalized spacial score (nSPS) is 18.4. The summed E-state index contributed by atoms with van der Waals surface area (Å²) in [6.07, 6.45) is 7.80. The van der Waals surface area contributed by atoms with E-state index in [1.54, 1.807) is 6.20 Å². The van der Waals surface area contributed by atoms with Crippen LogP contribution >= 0.6 is 15.9 Å². The fourth-order valence-electron chi connectivity index (χ4n) is 4.94. The van der Waals surface area contributed by atoms with Crippen molar-refractivity contribution in [3.63, 3.8) is 0 Å². The minimum Gasteiger partial charge on any atom is -0.307 e. The molecule has 2 amide bonds. The van der Waals surface area contributed by atoms with Crippen molar-refractivity contribution in [3.8, 4) is 0 Å². The Labute approximate surface area is 190 Å². The molecule has 2 N–H and O–H groups in total. The minimum atomic E-state index is -3.74. The molecule has 1 aromatic carbocycles. The number of urea groups is 1. The highest BCUT2D eigenvalue weighted by atomic mass is 79.9. The molecule has 1 fully saturated rings. The van der Waals surface area contributed by atoms with Crippen LogP contribution in [-0.2, 0) is 42.3 Å². The molecule has 0 spiro atoms. The van der Waals surface area contributed by atoms with Gasteiger partial charge in [-0.1, -0.05) is 12.1 Å². The molecule has 0 radical (unpaired) electrons. The number of hydrogen-bond donors (Lipinski definition) is 2. The van der Waals surface area contributed by atoms with Gasteiger partial charge in [0.2, 0.25) is 10.0 Å². The van der Waals surface area contributed by atoms with Crippen molar-refractivity contribution in [2.45, 2.75) is 50.3 Å². The summed E-state index contributed by atoms with van der Waals surface area (Å²) in [7, 11) is -3.74. The lowest BCUT2D eigenvalue weighted by atomic mass is 9.99. The Morgan fingerprint density at radius 2 is 1.81 bits per heavy atom. The van der Waals surface area contributed by atoms with Crippen LogP contribution in [0.2, 0.25) is 0 Å². The number of halogens is 1. The van der Waals surface area contributed by atoms with E-state index in [0.29, 0.717) is 19.6 Å². The van der Waals surface area contributed by atoms with Gasteiger partial charge in [-0.3, -0.25) is 4.90 Å². The molecule has 3 aliphatic rings. The smallest absolute Gasteiger partial charge is 0.307 e. The largest absolute Gasteiger partial charge is 0.332 e. The molecule has 2 heterocycles. The summed E-state index contributed by atoms with van der Waals surface area (Å²) < 4.78 is 28.5. The first-order chi connectivity index (χ1) is 14.9. The molecule has 1 aromatic heterocycles. The molecule has 31 heavy (non-hydrogen) atoms. The lowest BCUT2D eigenvalue weighted by Gasteiger charge is -2.38. The van der Waals surface area contributed by atoms with Crippen molar-refractivity contribution in [1.82, 2.24) is 14.6 Å². The average molecular weight is 505 g/mol. The van der Waals surface area contributed by atoms with Crippen molar-refractivity contribution in [2.24, 2.45) is 0 Å². The SMILES string of the molecule is O=C(Nc1c2c(cc3c1CCC3)CCC2)NS(=O)(=O)C1CN(Cc2cccnc2Br)C1. The van der Waals surface area contributed by atoms with Crippen LogP contribution in [0.4, 0.5) is 10.5 Å². The second kappa shape index (κ2) is 8.18. The van der Waals surface area contributed by atoms with E-state index in [1.807, 2.05) is 17.0 Å². The number of sulfonamides is 1. The number of carbonyl (C=O) groups is 1. The molecule has 5 rings (SSSR count). The quantitative estimate of drug-likeness (QED) is 0.610. The van der Waals surface area contributed by atoms with Gasteiger partial charge in [0.25, 0.3) is 0 Å². The maximum Gasteiger partial charge on any atom is 0.332 e. The number of aryl methyl sites for hydroxylation is 2. The summed E-state index contributed by atoms with van der Waals surface area (Å²) in [6.45, 7) is 1.40. The first-order valence-corrected chi connectivity index (χ1v) is 13.1. The summed E-state index contributed by atoms with van der Waals surface area (Å²) >= 11 is 3.42.